The maximum Gasteiger partial charge on any atom is 0.339 e. The average Bonchev–Trinajstić information content (AvgIpc) is 2.62. The van der Waals surface area contributed by atoms with Gasteiger partial charge in [0.05, 0.1) is 22.6 Å². The van der Waals surface area contributed by atoms with E-state index in [1.165, 1.54) is 63.7 Å². The summed E-state index contributed by atoms with van der Waals surface area (Å²) < 4.78 is 30.1. The van der Waals surface area contributed by atoms with E-state index in [-0.39, 0.29) is 21.0 Å². The fraction of sp³-hybridized carbons (Fsp3) is 0.176. The van der Waals surface area contributed by atoms with Gasteiger partial charge in [-0.2, -0.15) is 0 Å². The van der Waals surface area contributed by atoms with E-state index in [2.05, 4.69) is 10.1 Å². The van der Waals surface area contributed by atoms with E-state index in [0.717, 1.165) is 4.31 Å². The summed E-state index contributed by atoms with van der Waals surface area (Å²) in [6.45, 7) is 0. The van der Waals surface area contributed by atoms with Crippen molar-refractivity contribution < 1.29 is 22.7 Å². The van der Waals surface area contributed by atoms with Crippen molar-refractivity contribution in [2.24, 2.45) is 0 Å². The monoisotopic (exact) mass is 396 g/mol. The summed E-state index contributed by atoms with van der Waals surface area (Å²) in [7, 11) is 0.379. The third-order valence-corrected chi connectivity index (χ3v) is 5.65. The Balaban J connectivity index is 2.30. The van der Waals surface area contributed by atoms with Crippen molar-refractivity contribution >= 4 is 39.2 Å². The summed E-state index contributed by atoms with van der Waals surface area (Å²) in [6.07, 6.45) is 0. The van der Waals surface area contributed by atoms with Gasteiger partial charge in [0.15, 0.2) is 0 Å². The number of benzene rings is 2. The first-order valence-electron chi connectivity index (χ1n) is 7.38. The molecule has 0 aliphatic carbocycles. The molecule has 0 atom stereocenters. The van der Waals surface area contributed by atoms with E-state index >= 15 is 0 Å². The number of hydrogen-bond donors (Lipinski definition) is 1. The number of sulfonamides is 1. The topological polar surface area (TPSA) is 92.8 Å². The number of hydrogen-bond acceptors (Lipinski definition) is 5. The zero-order valence-corrected chi connectivity index (χ0v) is 15.9. The molecule has 26 heavy (non-hydrogen) atoms. The van der Waals surface area contributed by atoms with Crippen LogP contribution in [0.1, 0.15) is 20.7 Å². The number of rotatable bonds is 5. The zero-order chi connectivity index (χ0) is 19.5. The van der Waals surface area contributed by atoms with E-state index in [1.54, 1.807) is 0 Å². The maximum absolute atomic E-state index is 12.4. The smallest absolute Gasteiger partial charge is 0.339 e. The third kappa shape index (κ3) is 4.21. The van der Waals surface area contributed by atoms with E-state index < -0.39 is 21.9 Å². The van der Waals surface area contributed by atoms with Crippen molar-refractivity contribution in [2.45, 2.75) is 4.90 Å². The van der Waals surface area contributed by atoms with Gasteiger partial charge in [-0.15, -0.1) is 0 Å². The van der Waals surface area contributed by atoms with Crippen molar-refractivity contribution in [2.75, 3.05) is 26.5 Å². The van der Waals surface area contributed by atoms with E-state index in [0.29, 0.717) is 5.69 Å². The second-order valence-corrected chi connectivity index (χ2v) is 8.01. The van der Waals surface area contributed by atoms with Crippen molar-refractivity contribution in [1.29, 1.82) is 0 Å². The summed E-state index contributed by atoms with van der Waals surface area (Å²) in [5.41, 5.74) is 0.582. The standard InChI is InChI=1S/C17H17ClN2O5S/c1-20(2)26(23,24)13-6-4-5-11(9-13)16(21)19-12-7-8-15(18)14(10-12)17(22)25-3/h4-10H,1-3H3,(H,19,21). The first kappa shape index (κ1) is 19.9. The number of amides is 1. The summed E-state index contributed by atoms with van der Waals surface area (Å²) >= 11 is 5.94. The molecule has 0 radical (unpaired) electrons. The van der Waals surface area contributed by atoms with Gasteiger partial charge < -0.3 is 10.1 Å². The Morgan fingerprint density at radius 3 is 2.42 bits per heavy atom. The van der Waals surface area contributed by atoms with Crippen LogP contribution in [0, 0.1) is 0 Å². The Labute approximate surface area is 156 Å². The predicted octanol–water partition coefficient (Wildman–Crippen LogP) is 2.63. The molecular formula is C17H17ClN2O5S. The second-order valence-electron chi connectivity index (χ2n) is 5.46. The molecule has 2 aromatic carbocycles. The Morgan fingerprint density at radius 1 is 1.12 bits per heavy atom. The number of methoxy groups -OCH3 is 1. The highest BCUT2D eigenvalue weighted by Gasteiger charge is 2.19. The second kappa shape index (κ2) is 7.86. The molecule has 0 fully saturated rings. The highest BCUT2D eigenvalue weighted by molar-refractivity contribution is 7.89. The average molecular weight is 397 g/mol. The van der Waals surface area contributed by atoms with Gasteiger partial charge in [-0.1, -0.05) is 17.7 Å². The first-order chi connectivity index (χ1) is 12.2. The third-order valence-electron chi connectivity index (χ3n) is 3.50. The lowest BCUT2D eigenvalue weighted by Crippen LogP contribution is -2.22. The normalized spacial score (nSPS) is 11.3. The summed E-state index contributed by atoms with van der Waals surface area (Å²) in [5, 5.41) is 2.79. The van der Waals surface area contributed by atoms with Gasteiger partial charge in [-0.25, -0.2) is 17.5 Å². The molecule has 0 aliphatic rings. The molecule has 1 amide bonds. The van der Waals surface area contributed by atoms with Crippen LogP contribution >= 0.6 is 11.6 Å². The first-order valence-corrected chi connectivity index (χ1v) is 9.20. The zero-order valence-electron chi connectivity index (χ0n) is 14.3. The molecule has 0 heterocycles. The quantitative estimate of drug-likeness (QED) is 0.784. The van der Waals surface area contributed by atoms with Gasteiger partial charge in [-0.3, -0.25) is 4.79 Å². The summed E-state index contributed by atoms with van der Waals surface area (Å²) in [5.74, 6) is -1.16. The van der Waals surface area contributed by atoms with Gasteiger partial charge in [0, 0.05) is 25.3 Å². The molecule has 0 spiro atoms. The number of carbonyl (C=O) groups is 2. The van der Waals surface area contributed by atoms with Gasteiger partial charge >= 0.3 is 5.97 Å². The molecule has 2 aromatic rings. The highest BCUT2D eigenvalue weighted by Crippen LogP contribution is 2.22. The lowest BCUT2D eigenvalue weighted by atomic mass is 10.1. The number of esters is 1. The van der Waals surface area contributed by atoms with Crippen LogP contribution in [0.4, 0.5) is 5.69 Å². The molecule has 7 nitrogen and oxygen atoms in total. The number of ether oxygens (including phenoxy) is 1. The van der Waals surface area contributed by atoms with Crippen molar-refractivity contribution in [3.8, 4) is 0 Å². The molecule has 0 unspecified atom stereocenters. The lowest BCUT2D eigenvalue weighted by Gasteiger charge is -2.12. The molecule has 9 heteroatoms. The van der Waals surface area contributed by atoms with Crippen molar-refractivity contribution in [3.05, 3.63) is 58.6 Å². The minimum atomic E-state index is -3.66. The van der Waals surface area contributed by atoms with Crippen LogP contribution in [-0.2, 0) is 14.8 Å². The molecule has 2 rings (SSSR count). The minimum Gasteiger partial charge on any atom is -0.465 e. The van der Waals surface area contributed by atoms with Gasteiger partial charge in [0.1, 0.15) is 0 Å². The molecular weight excluding hydrogens is 380 g/mol. The Kier molecular flexibility index (Phi) is 6.01. The Bertz CT molecular complexity index is 957. The highest BCUT2D eigenvalue weighted by atomic mass is 35.5. The predicted molar refractivity (Wildman–Crippen MR) is 98.1 cm³/mol. The van der Waals surface area contributed by atoms with Crippen molar-refractivity contribution in [3.63, 3.8) is 0 Å². The van der Waals surface area contributed by atoms with Crippen LogP contribution in [-0.4, -0.2) is 45.8 Å². The van der Waals surface area contributed by atoms with E-state index in [9.17, 15) is 18.0 Å². The van der Waals surface area contributed by atoms with Gasteiger partial charge in [-0.05, 0) is 36.4 Å². The van der Waals surface area contributed by atoms with Crippen LogP contribution < -0.4 is 5.32 Å². The molecule has 0 bridgehead atoms. The largest absolute Gasteiger partial charge is 0.465 e. The van der Waals surface area contributed by atoms with Gasteiger partial charge in [0.25, 0.3) is 5.91 Å². The van der Waals surface area contributed by atoms with Crippen LogP contribution in [0.15, 0.2) is 47.4 Å². The van der Waals surface area contributed by atoms with Crippen LogP contribution in [0.3, 0.4) is 0 Å². The molecule has 0 aliphatic heterocycles. The Morgan fingerprint density at radius 2 is 1.81 bits per heavy atom. The van der Waals surface area contributed by atoms with E-state index in [1.807, 2.05) is 0 Å². The van der Waals surface area contributed by atoms with E-state index in [4.69, 9.17) is 11.6 Å². The number of halogens is 1. The van der Waals surface area contributed by atoms with Crippen LogP contribution in [0.5, 0.6) is 0 Å². The maximum atomic E-state index is 12.4. The van der Waals surface area contributed by atoms with Gasteiger partial charge in [0.2, 0.25) is 10.0 Å². The molecule has 138 valence electrons. The minimum absolute atomic E-state index is 0.00139. The molecule has 1 N–H and O–H groups in total. The SMILES string of the molecule is COC(=O)c1cc(NC(=O)c2cccc(S(=O)(=O)N(C)C)c2)ccc1Cl. The number of nitrogens with zero attached hydrogens (tertiary/aromatic N) is 1. The van der Waals surface area contributed by atoms with Crippen LogP contribution in [0.2, 0.25) is 5.02 Å². The fourth-order valence-corrected chi connectivity index (χ4v) is 3.22. The molecule has 0 aromatic heterocycles. The summed E-state index contributed by atoms with van der Waals surface area (Å²) in [4.78, 5) is 24.1. The van der Waals surface area contributed by atoms with Crippen LogP contribution in [0.25, 0.3) is 0 Å². The van der Waals surface area contributed by atoms with Crippen molar-refractivity contribution in [1.82, 2.24) is 4.31 Å². The number of carbonyl (C=O) groups excluding carboxylic acids is 2. The molecule has 0 saturated carbocycles. The number of anilines is 1. The molecule has 0 saturated heterocycles. The Hall–Kier alpha value is -2.42. The number of nitrogens with one attached hydrogen (secondary N) is 1. The fourth-order valence-electron chi connectivity index (χ4n) is 2.08. The lowest BCUT2D eigenvalue weighted by molar-refractivity contribution is 0.0600. The summed E-state index contributed by atoms with van der Waals surface area (Å²) in [6, 6.07) is 10.0.